The van der Waals surface area contributed by atoms with Crippen LogP contribution in [0.4, 0.5) is 8.78 Å². The maximum atomic E-state index is 13.1. The molecule has 0 atom stereocenters. The summed E-state index contributed by atoms with van der Waals surface area (Å²) in [6.07, 6.45) is 0. The zero-order valence-corrected chi connectivity index (χ0v) is 11.2. The largest absolute Gasteiger partial charge is 0.384 e. The van der Waals surface area contributed by atoms with Crippen LogP contribution < -0.4 is 5.73 Å². The van der Waals surface area contributed by atoms with Gasteiger partial charge in [0.25, 0.3) is 0 Å². The van der Waals surface area contributed by atoms with Crippen molar-refractivity contribution >= 4 is 29.2 Å². The van der Waals surface area contributed by atoms with Crippen LogP contribution in [0.2, 0.25) is 5.02 Å². The molecule has 2 aromatic carbocycles. The molecule has 0 aliphatic heterocycles. The minimum Gasteiger partial charge on any atom is -0.384 e. The quantitative estimate of drug-likeness (QED) is 0.663. The minimum atomic E-state index is -0.920. The molecule has 2 nitrogen and oxygen atoms in total. The molecule has 0 radical (unpaired) electrons. The Kier molecular flexibility index (Phi) is 4.07. The van der Waals surface area contributed by atoms with Crippen LogP contribution in [0.3, 0.4) is 0 Å². The molecule has 2 aromatic rings. The van der Waals surface area contributed by atoms with Crippen molar-refractivity contribution in [1.82, 2.24) is 0 Å². The van der Waals surface area contributed by atoms with Crippen LogP contribution in [-0.4, -0.2) is 5.84 Å². The molecule has 2 rings (SSSR count). The zero-order valence-electron chi connectivity index (χ0n) is 9.58. The Morgan fingerprint density at radius 3 is 2.47 bits per heavy atom. The molecule has 19 heavy (non-hydrogen) atoms. The van der Waals surface area contributed by atoms with Gasteiger partial charge in [-0.1, -0.05) is 23.4 Å². The fourth-order valence-corrected chi connectivity index (χ4v) is 2.73. The first-order valence-electron chi connectivity index (χ1n) is 5.24. The van der Waals surface area contributed by atoms with Crippen molar-refractivity contribution in [3.63, 3.8) is 0 Å². The molecular formula is C13H9ClF2N2S. The number of benzene rings is 2. The molecular weight excluding hydrogens is 290 g/mol. The Morgan fingerprint density at radius 2 is 1.84 bits per heavy atom. The van der Waals surface area contributed by atoms with Gasteiger partial charge in [0, 0.05) is 20.4 Å². The molecule has 0 saturated carbocycles. The van der Waals surface area contributed by atoms with Gasteiger partial charge in [-0.2, -0.15) is 0 Å². The first-order chi connectivity index (χ1) is 8.97. The monoisotopic (exact) mass is 298 g/mol. The molecule has 0 aliphatic carbocycles. The first kappa shape index (κ1) is 13.8. The van der Waals surface area contributed by atoms with Crippen LogP contribution in [0, 0.1) is 17.0 Å². The fourth-order valence-electron chi connectivity index (χ4n) is 1.47. The van der Waals surface area contributed by atoms with Gasteiger partial charge in [0.15, 0.2) is 11.6 Å². The summed E-state index contributed by atoms with van der Waals surface area (Å²) in [5.74, 6) is -1.93. The molecule has 0 aromatic heterocycles. The van der Waals surface area contributed by atoms with Crippen LogP contribution in [-0.2, 0) is 0 Å². The van der Waals surface area contributed by atoms with Gasteiger partial charge in [0.2, 0.25) is 0 Å². The van der Waals surface area contributed by atoms with E-state index in [1.807, 2.05) is 0 Å². The summed E-state index contributed by atoms with van der Waals surface area (Å²) in [6, 6.07) is 8.46. The lowest BCUT2D eigenvalue weighted by Gasteiger charge is -2.08. The lowest BCUT2D eigenvalue weighted by molar-refractivity contribution is 0.506. The highest BCUT2D eigenvalue weighted by Crippen LogP contribution is 2.33. The third-order valence-electron chi connectivity index (χ3n) is 2.35. The molecule has 0 amide bonds. The third-order valence-corrected chi connectivity index (χ3v) is 3.64. The number of nitrogens with one attached hydrogen (secondary N) is 1. The maximum Gasteiger partial charge on any atom is 0.159 e. The lowest BCUT2D eigenvalue weighted by atomic mass is 10.2. The Labute approximate surface area is 118 Å². The number of rotatable bonds is 3. The molecule has 0 aliphatic rings. The Hall–Kier alpha value is -1.59. The second-order valence-electron chi connectivity index (χ2n) is 3.73. The Bertz CT molecular complexity index is 647. The van der Waals surface area contributed by atoms with Crippen molar-refractivity contribution in [3.8, 4) is 0 Å². The van der Waals surface area contributed by atoms with Gasteiger partial charge in [0.1, 0.15) is 5.84 Å². The van der Waals surface area contributed by atoms with Crippen LogP contribution in [0.5, 0.6) is 0 Å². The van der Waals surface area contributed by atoms with E-state index in [0.29, 0.717) is 20.4 Å². The smallest absolute Gasteiger partial charge is 0.159 e. The topological polar surface area (TPSA) is 49.9 Å². The number of hydrogen-bond donors (Lipinski definition) is 2. The summed E-state index contributed by atoms with van der Waals surface area (Å²) in [5, 5.41) is 7.96. The summed E-state index contributed by atoms with van der Waals surface area (Å²) in [6.45, 7) is 0. The van der Waals surface area contributed by atoms with Crippen LogP contribution in [0.1, 0.15) is 5.56 Å². The Morgan fingerprint density at radius 1 is 1.11 bits per heavy atom. The highest BCUT2D eigenvalue weighted by molar-refractivity contribution is 7.99. The van der Waals surface area contributed by atoms with Gasteiger partial charge in [-0.05, 0) is 36.4 Å². The van der Waals surface area contributed by atoms with Crippen LogP contribution >= 0.6 is 23.4 Å². The van der Waals surface area contributed by atoms with Crippen molar-refractivity contribution in [2.45, 2.75) is 9.79 Å². The van der Waals surface area contributed by atoms with E-state index in [1.54, 1.807) is 18.2 Å². The normalized spacial score (nSPS) is 10.5. The van der Waals surface area contributed by atoms with E-state index in [9.17, 15) is 8.78 Å². The number of amidine groups is 1. The van der Waals surface area contributed by atoms with E-state index in [0.717, 1.165) is 12.1 Å². The molecule has 0 spiro atoms. The number of halogens is 3. The van der Waals surface area contributed by atoms with E-state index in [1.165, 1.54) is 17.8 Å². The predicted octanol–water partition coefficient (Wildman–Crippen LogP) is 4.05. The van der Waals surface area contributed by atoms with Gasteiger partial charge in [-0.15, -0.1) is 0 Å². The molecule has 6 heteroatoms. The minimum absolute atomic E-state index is 0.109. The molecule has 98 valence electrons. The standard InChI is InChI=1S/C13H9ClF2N2S/c14-7-1-3-9(13(17)18)12(5-7)19-8-2-4-10(15)11(16)6-8/h1-6H,(H3,17,18). The van der Waals surface area contributed by atoms with Gasteiger partial charge in [-0.25, -0.2) is 8.78 Å². The van der Waals surface area contributed by atoms with Crippen molar-refractivity contribution in [1.29, 1.82) is 5.41 Å². The third kappa shape index (κ3) is 3.24. The summed E-state index contributed by atoms with van der Waals surface area (Å²) in [5.41, 5.74) is 5.96. The van der Waals surface area contributed by atoms with Crippen molar-refractivity contribution in [2.24, 2.45) is 5.73 Å². The van der Waals surface area contributed by atoms with E-state index in [-0.39, 0.29) is 5.84 Å². The molecule has 0 bridgehead atoms. The number of nitrogen functional groups attached to an aromatic ring is 1. The molecule has 0 saturated heterocycles. The second-order valence-corrected chi connectivity index (χ2v) is 5.28. The van der Waals surface area contributed by atoms with E-state index < -0.39 is 11.6 Å². The molecule has 0 fully saturated rings. The summed E-state index contributed by atoms with van der Waals surface area (Å²) >= 11 is 7.05. The maximum absolute atomic E-state index is 13.1. The highest BCUT2D eigenvalue weighted by Gasteiger charge is 2.10. The lowest BCUT2D eigenvalue weighted by Crippen LogP contribution is -2.12. The van der Waals surface area contributed by atoms with Gasteiger partial charge < -0.3 is 5.73 Å². The van der Waals surface area contributed by atoms with E-state index >= 15 is 0 Å². The summed E-state index contributed by atoms with van der Waals surface area (Å²) < 4.78 is 26.0. The zero-order chi connectivity index (χ0) is 14.0. The molecule has 0 heterocycles. The van der Waals surface area contributed by atoms with Gasteiger partial charge >= 0.3 is 0 Å². The van der Waals surface area contributed by atoms with E-state index in [2.05, 4.69) is 0 Å². The van der Waals surface area contributed by atoms with Crippen molar-refractivity contribution in [3.05, 3.63) is 58.6 Å². The SMILES string of the molecule is N=C(N)c1ccc(Cl)cc1Sc1ccc(F)c(F)c1. The molecule has 0 unspecified atom stereocenters. The van der Waals surface area contributed by atoms with E-state index in [4.69, 9.17) is 22.7 Å². The van der Waals surface area contributed by atoms with Gasteiger partial charge in [0.05, 0.1) is 0 Å². The second kappa shape index (κ2) is 5.59. The van der Waals surface area contributed by atoms with Crippen molar-refractivity contribution in [2.75, 3.05) is 0 Å². The van der Waals surface area contributed by atoms with Crippen molar-refractivity contribution < 1.29 is 8.78 Å². The average molecular weight is 299 g/mol. The summed E-state index contributed by atoms with van der Waals surface area (Å²) in [7, 11) is 0. The van der Waals surface area contributed by atoms with Crippen LogP contribution in [0.15, 0.2) is 46.2 Å². The Balaban J connectivity index is 2.39. The van der Waals surface area contributed by atoms with Gasteiger partial charge in [-0.3, -0.25) is 5.41 Å². The number of nitrogens with two attached hydrogens (primary N) is 1. The summed E-state index contributed by atoms with van der Waals surface area (Å²) in [4.78, 5) is 1.12. The molecule has 3 N–H and O–H groups in total. The predicted molar refractivity (Wildman–Crippen MR) is 72.9 cm³/mol. The van der Waals surface area contributed by atoms with Crippen LogP contribution in [0.25, 0.3) is 0 Å². The number of hydrogen-bond acceptors (Lipinski definition) is 2. The highest BCUT2D eigenvalue weighted by atomic mass is 35.5. The fraction of sp³-hybridized carbons (Fsp3) is 0. The first-order valence-corrected chi connectivity index (χ1v) is 6.43. The average Bonchev–Trinajstić information content (AvgIpc) is 2.33.